The third-order valence-electron chi connectivity index (χ3n) is 2.11. The molecule has 0 saturated carbocycles. The number of carbonyl (C=O) groups excluding carboxylic acids is 1. The lowest BCUT2D eigenvalue weighted by Gasteiger charge is -2.09. The standard InChI is InChI=1S/C11H10FNO3/c1-16-11(15)4-7(6-13)9-3-2-8(14)5-10(9)12/h2-3,5,7,14H,4H2,1H3. The van der Waals surface area contributed by atoms with E-state index in [0.717, 1.165) is 6.07 Å². The van der Waals surface area contributed by atoms with Crippen LogP contribution in [-0.4, -0.2) is 18.2 Å². The zero-order valence-electron chi connectivity index (χ0n) is 8.61. The van der Waals surface area contributed by atoms with E-state index in [2.05, 4.69) is 4.74 Å². The first kappa shape index (κ1) is 12.0. The summed E-state index contributed by atoms with van der Waals surface area (Å²) in [6.07, 6.45) is -0.214. The minimum Gasteiger partial charge on any atom is -0.508 e. The number of hydrogen-bond donors (Lipinski definition) is 1. The fourth-order valence-corrected chi connectivity index (χ4v) is 1.27. The van der Waals surface area contributed by atoms with Crippen LogP contribution in [-0.2, 0) is 9.53 Å². The van der Waals surface area contributed by atoms with E-state index in [0.29, 0.717) is 0 Å². The number of aromatic hydroxyl groups is 1. The third kappa shape index (κ3) is 2.70. The van der Waals surface area contributed by atoms with Crippen LogP contribution in [0, 0.1) is 17.1 Å². The van der Waals surface area contributed by atoms with Gasteiger partial charge in [0.05, 0.1) is 25.5 Å². The van der Waals surface area contributed by atoms with E-state index in [-0.39, 0.29) is 17.7 Å². The molecule has 0 fully saturated rings. The Kier molecular flexibility index (Phi) is 3.84. The third-order valence-corrected chi connectivity index (χ3v) is 2.11. The van der Waals surface area contributed by atoms with Crippen LogP contribution in [0.1, 0.15) is 17.9 Å². The Morgan fingerprint density at radius 3 is 2.88 bits per heavy atom. The summed E-state index contributed by atoms with van der Waals surface area (Å²) in [7, 11) is 1.20. The number of phenolic OH excluding ortho intramolecular Hbond substituents is 1. The molecule has 0 amide bonds. The van der Waals surface area contributed by atoms with Gasteiger partial charge in [-0.05, 0) is 6.07 Å². The highest BCUT2D eigenvalue weighted by atomic mass is 19.1. The summed E-state index contributed by atoms with van der Waals surface area (Å²) in [5.74, 6) is -2.43. The zero-order chi connectivity index (χ0) is 12.1. The van der Waals surface area contributed by atoms with Crippen molar-refractivity contribution < 1.29 is 19.0 Å². The Hall–Kier alpha value is -2.09. The van der Waals surface area contributed by atoms with Crippen LogP contribution in [0.5, 0.6) is 5.75 Å². The minimum absolute atomic E-state index is 0.0747. The molecular formula is C11H10FNO3. The Bertz CT molecular complexity index is 439. The van der Waals surface area contributed by atoms with Crippen LogP contribution in [0.4, 0.5) is 4.39 Å². The van der Waals surface area contributed by atoms with Crippen LogP contribution in [0.15, 0.2) is 18.2 Å². The molecule has 4 nitrogen and oxygen atoms in total. The molecule has 0 aliphatic heterocycles. The summed E-state index contributed by atoms with van der Waals surface area (Å²) in [5.41, 5.74) is 0.0747. The van der Waals surface area contributed by atoms with Gasteiger partial charge in [0.25, 0.3) is 0 Å². The zero-order valence-corrected chi connectivity index (χ0v) is 8.61. The molecule has 1 N–H and O–H groups in total. The second kappa shape index (κ2) is 5.12. The van der Waals surface area contributed by atoms with E-state index < -0.39 is 17.7 Å². The van der Waals surface area contributed by atoms with E-state index in [9.17, 15) is 9.18 Å². The number of methoxy groups -OCH3 is 1. The SMILES string of the molecule is COC(=O)CC(C#N)c1ccc(O)cc1F. The van der Waals surface area contributed by atoms with Crippen molar-refractivity contribution in [3.63, 3.8) is 0 Å². The van der Waals surface area contributed by atoms with Crippen LogP contribution >= 0.6 is 0 Å². The van der Waals surface area contributed by atoms with Gasteiger partial charge in [0.1, 0.15) is 11.6 Å². The summed E-state index contributed by atoms with van der Waals surface area (Å²) in [6, 6.07) is 5.26. The number of ether oxygens (including phenoxy) is 1. The van der Waals surface area contributed by atoms with Crippen molar-refractivity contribution in [2.45, 2.75) is 12.3 Å². The number of benzene rings is 1. The van der Waals surface area contributed by atoms with Gasteiger partial charge in [0.15, 0.2) is 0 Å². The van der Waals surface area contributed by atoms with Gasteiger partial charge >= 0.3 is 5.97 Å². The molecule has 1 unspecified atom stereocenters. The quantitative estimate of drug-likeness (QED) is 0.792. The fraction of sp³-hybridized carbons (Fsp3) is 0.273. The predicted molar refractivity (Wildman–Crippen MR) is 53.1 cm³/mol. The Morgan fingerprint density at radius 1 is 1.69 bits per heavy atom. The number of esters is 1. The summed E-state index contributed by atoms with van der Waals surface area (Å²) in [4.78, 5) is 11.0. The number of carbonyl (C=O) groups is 1. The monoisotopic (exact) mass is 223 g/mol. The van der Waals surface area contributed by atoms with Crippen LogP contribution in [0.3, 0.4) is 0 Å². The van der Waals surface area contributed by atoms with Crippen molar-refractivity contribution in [2.75, 3.05) is 7.11 Å². The molecule has 0 aliphatic carbocycles. The lowest BCUT2D eigenvalue weighted by Crippen LogP contribution is -2.08. The molecule has 0 aliphatic rings. The smallest absolute Gasteiger partial charge is 0.307 e. The topological polar surface area (TPSA) is 70.3 Å². The first-order valence-corrected chi connectivity index (χ1v) is 4.53. The first-order valence-electron chi connectivity index (χ1n) is 4.53. The van der Waals surface area contributed by atoms with E-state index >= 15 is 0 Å². The van der Waals surface area contributed by atoms with Gasteiger partial charge in [-0.1, -0.05) is 6.07 Å². The summed E-state index contributed by atoms with van der Waals surface area (Å²) >= 11 is 0. The van der Waals surface area contributed by atoms with Gasteiger partial charge in [-0.3, -0.25) is 4.79 Å². The predicted octanol–water partition coefficient (Wildman–Crippen LogP) is 1.70. The molecule has 1 aromatic carbocycles. The molecule has 5 heteroatoms. The number of rotatable bonds is 3. The van der Waals surface area contributed by atoms with Crippen LogP contribution < -0.4 is 0 Å². The van der Waals surface area contributed by atoms with Gasteiger partial charge < -0.3 is 9.84 Å². The van der Waals surface area contributed by atoms with Crippen molar-refractivity contribution in [3.8, 4) is 11.8 Å². The molecule has 16 heavy (non-hydrogen) atoms. The summed E-state index contributed by atoms with van der Waals surface area (Å²) in [5, 5.41) is 17.8. The Balaban J connectivity index is 2.96. The van der Waals surface area contributed by atoms with E-state index in [1.165, 1.54) is 19.2 Å². The minimum atomic E-state index is -0.909. The van der Waals surface area contributed by atoms with Crippen LogP contribution in [0.2, 0.25) is 0 Å². The number of nitriles is 1. The van der Waals surface area contributed by atoms with Gasteiger partial charge in [-0.15, -0.1) is 0 Å². The van der Waals surface area contributed by atoms with E-state index in [1.807, 2.05) is 6.07 Å². The lowest BCUT2D eigenvalue weighted by atomic mass is 9.96. The fourth-order valence-electron chi connectivity index (χ4n) is 1.27. The molecule has 0 aromatic heterocycles. The molecule has 84 valence electrons. The number of hydrogen-bond acceptors (Lipinski definition) is 4. The van der Waals surface area contributed by atoms with Crippen molar-refractivity contribution in [1.29, 1.82) is 5.26 Å². The molecule has 0 spiro atoms. The second-order valence-electron chi connectivity index (χ2n) is 3.17. The molecule has 1 aromatic rings. The van der Waals surface area contributed by atoms with Crippen molar-refractivity contribution in [1.82, 2.24) is 0 Å². The highest BCUT2D eigenvalue weighted by molar-refractivity contribution is 5.71. The number of nitrogens with zero attached hydrogens (tertiary/aromatic N) is 1. The second-order valence-corrected chi connectivity index (χ2v) is 3.17. The average Bonchev–Trinajstić information content (AvgIpc) is 2.26. The molecule has 1 atom stereocenters. The first-order chi connectivity index (χ1) is 7.58. The molecule has 0 bridgehead atoms. The summed E-state index contributed by atoms with van der Waals surface area (Å²) in [6.45, 7) is 0. The van der Waals surface area contributed by atoms with Crippen molar-refractivity contribution >= 4 is 5.97 Å². The maximum Gasteiger partial charge on any atom is 0.307 e. The number of halogens is 1. The Morgan fingerprint density at radius 2 is 2.38 bits per heavy atom. The van der Waals surface area contributed by atoms with E-state index in [1.54, 1.807) is 0 Å². The maximum absolute atomic E-state index is 13.4. The van der Waals surface area contributed by atoms with Crippen molar-refractivity contribution in [3.05, 3.63) is 29.6 Å². The molecule has 0 saturated heterocycles. The van der Waals surface area contributed by atoms with E-state index in [4.69, 9.17) is 10.4 Å². The normalized spacial score (nSPS) is 11.6. The Labute approximate surface area is 91.9 Å². The highest BCUT2D eigenvalue weighted by Crippen LogP contribution is 2.25. The molecule has 0 heterocycles. The highest BCUT2D eigenvalue weighted by Gasteiger charge is 2.19. The van der Waals surface area contributed by atoms with Crippen LogP contribution in [0.25, 0.3) is 0 Å². The van der Waals surface area contributed by atoms with Gasteiger partial charge in [-0.25, -0.2) is 4.39 Å². The molecule has 1 rings (SSSR count). The molecular weight excluding hydrogens is 213 g/mol. The van der Waals surface area contributed by atoms with Gasteiger partial charge in [0, 0.05) is 11.6 Å². The summed E-state index contributed by atoms with van der Waals surface area (Å²) < 4.78 is 17.8. The lowest BCUT2D eigenvalue weighted by molar-refractivity contribution is -0.140. The average molecular weight is 223 g/mol. The van der Waals surface area contributed by atoms with Gasteiger partial charge in [0.2, 0.25) is 0 Å². The largest absolute Gasteiger partial charge is 0.508 e. The maximum atomic E-state index is 13.4. The molecule has 0 radical (unpaired) electrons. The van der Waals surface area contributed by atoms with Crippen molar-refractivity contribution in [2.24, 2.45) is 0 Å². The van der Waals surface area contributed by atoms with Gasteiger partial charge in [-0.2, -0.15) is 5.26 Å². The number of phenols is 1.